The predicted molar refractivity (Wildman–Crippen MR) is 76.9 cm³/mol. The molecule has 1 heterocycles. The first-order valence-corrected chi connectivity index (χ1v) is 6.66. The van der Waals surface area contributed by atoms with Crippen LogP contribution >= 0.6 is 15.9 Å². The molecule has 0 aliphatic rings. The van der Waals surface area contributed by atoms with Gasteiger partial charge in [-0.3, -0.25) is 4.79 Å². The van der Waals surface area contributed by atoms with Crippen LogP contribution in [-0.2, 0) is 11.1 Å². The van der Waals surface area contributed by atoms with Gasteiger partial charge < -0.3 is 5.32 Å². The van der Waals surface area contributed by atoms with Crippen molar-refractivity contribution in [2.75, 3.05) is 5.32 Å². The summed E-state index contributed by atoms with van der Waals surface area (Å²) in [5.41, 5.74) is 0.783. The van der Waals surface area contributed by atoms with E-state index < -0.39 is 0 Å². The van der Waals surface area contributed by atoms with Crippen LogP contribution in [0.25, 0.3) is 0 Å². The van der Waals surface area contributed by atoms with Gasteiger partial charge in [0.15, 0.2) is 0 Å². The third kappa shape index (κ3) is 3.56. The molecule has 0 unspecified atom stereocenters. The molecule has 5 heteroatoms. The summed E-state index contributed by atoms with van der Waals surface area (Å²) < 4.78 is 0.979. The van der Waals surface area contributed by atoms with E-state index in [1.807, 2.05) is 26.8 Å². The molecule has 0 fully saturated rings. The summed E-state index contributed by atoms with van der Waals surface area (Å²) in [6.45, 7) is 5.87. The van der Waals surface area contributed by atoms with E-state index in [-0.39, 0.29) is 11.3 Å². The van der Waals surface area contributed by atoms with Gasteiger partial charge in [-0.2, -0.15) is 0 Å². The molecule has 1 amide bonds. The first-order valence-electron chi connectivity index (χ1n) is 5.86. The molecule has 92 valence electrons. The van der Waals surface area contributed by atoms with Gasteiger partial charge in [-0.1, -0.05) is 27.1 Å². The molecule has 0 atom stereocenters. The van der Waals surface area contributed by atoms with Crippen molar-refractivity contribution in [3.8, 4) is 0 Å². The summed E-state index contributed by atoms with van der Waals surface area (Å²) in [6.07, 6.45) is 3.44. The van der Waals surface area contributed by atoms with E-state index in [0.29, 0.717) is 5.82 Å². The van der Waals surface area contributed by atoms with E-state index in [1.54, 1.807) is 6.20 Å². The predicted octanol–water partition coefficient (Wildman–Crippen LogP) is 2.35. The number of rotatable bonds is 4. The summed E-state index contributed by atoms with van der Waals surface area (Å²) in [4.78, 5) is 16.2. The van der Waals surface area contributed by atoms with Gasteiger partial charge in [-0.25, -0.2) is 4.98 Å². The summed E-state index contributed by atoms with van der Waals surface area (Å²) in [7, 11) is 2.07. The zero-order chi connectivity index (χ0) is 13.1. The smallest absolute Gasteiger partial charge is 0.231 e. The minimum atomic E-state index is -0.360. The molecule has 0 aromatic carbocycles. The number of nitrogens with one attached hydrogen (secondary N) is 1. The van der Waals surface area contributed by atoms with Gasteiger partial charge in [0.25, 0.3) is 0 Å². The first-order chi connectivity index (χ1) is 7.90. The Balaban J connectivity index is 2.86. The number of halogens is 1. The van der Waals surface area contributed by atoms with Gasteiger partial charge in [-0.15, -0.1) is 0 Å². The van der Waals surface area contributed by atoms with Crippen LogP contribution in [-0.4, -0.2) is 18.7 Å². The van der Waals surface area contributed by atoms with Gasteiger partial charge in [0.05, 0.1) is 0 Å². The lowest BCUT2D eigenvalue weighted by atomic mass is 9.89. The number of anilines is 1. The van der Waals surface area contributed by atoms with Crippen molar-refractivity contribution >= 4 is 35.5 Å². The third-order valence-corrected chi connectivity index (χ3v) is 3.77. The SMILES string of the molecule is BCc1cc(NC(=O)C(C)(C)CC)ncc1Br. The van der Waals surface area contributed by atoms with Gasteiger partial charge in [0.1, 0.15) is 13.7 Å². The molecule has 0 saturated heterocycles. The Labute approximate surface area is 112 Å². The van der Waals surface area contributed by atoms with Crippen LogP contribution in [0.1, 0.15) is 32.8 Å². The Morgan fingerprint density at radius 1 is 1.59 bits per heavy atom. The Morgan fingerprint density at radius 3 is 2.76 bits per heavy atom. The molecule has 1 aromatic heterocycles. The van der Waals surface area contributed by atoms with Gasteiger partial charge in [0, 0.05) is 16.1 Å². The number of hydrogen-bond donors (Lipinski definition) is 1. The van der Waals surface area contributed by atoms with Crippen molar-refractivity contribution < 1.29 is 4.79 Å². The molecule has 1 aromatic rings. The Hall–Kier alpha value is -0.835. The number of aromatic nitrogens is 1. The molecule has 1 N–H and O–H groups in total. The highest BCUT2D eigenvalue weighted by atomic mass is 79.9. The van der Waals surface area contributed by atoms with Crippen molar-refractivity contribution in [1.82, 2.24) is 4.98 Å². The normalized spacial score (nSPS) is 11.3. The molecule has 0 spiro atoms. The molecule has 0 saturated carbocycles. The highest BCUT2D eigenvalue weighted by Crippen LogP contribution is 2.23. The highest BCUT2D eigenvalue weighted by molar-refractivity contribution is 9.10. The van der Waals surface area contributed by atoms with Crippen LogP contribution < -0.4 is 5.32 Å². The van der Waals surface area contributed by atoms with Crippen LogP contribution in [0.2, 0.25) is 0 Å². The molecule has 1 rings (SSSR count). The largest absolute Gasteiger partial charge is 0.310 e. The summed E-state index contributed by atoms with van der Waals surface area (Å²) in [6, 6.07) is 1.91. The fourth-order valence-electron chi connectivity index (χ4n) is 1.27. The molecular weight excluding hydrogens is 279 g/mol. The lowest BCUT2D eigenvalue weighted by Gasteiger charge is -2.21. The summed E-state index contributed by atoms with van der Waals surface area (Å²) >= 11 is 3.43. The van der Waals surface area contributed by atoms with Crippen molar-refractivity contribution in [1.29, 1.82) is 0 Å². The van der Waals surface area contributed by atoms with Gasteiger partial charge in [0.2, 0.25) is 5.91 Å². The highest BCUT2D eigenvalue weighted by Gasteiger charge is 2.25. The second kappa shape index (κ2) is 5.67. The molecule has 0 aliphatic heterocycles. The maximum Gasteiger partial charge on any atom is 0.231 e. The van der Waals surface area contributed by atoms with Gasteiger partial charge >= 0.3 is 0 Å². The molecule has 17 heavy (non-hydrogen) atoms. The topological polar surface area (TPSA) is 42.0 Å². The lowest BCUT2D eigenvalue weighted by Crippen LogP contribution is -2.30. The van der Waals surface area contributed by atoms with Gasteiger partial charge in [-0.05, 0) is 34.0 Å². The molecular formula is C12H18BBrN2O. The van der Waals surface area contributed by atoms with E-state index in [1.165, 1.54) is 0 Å². The van der Waals surface area contributed by atoms with Crippen LogP contribution in [0.15, 0.2) is 16.7 Å². The number of nitrogens with zero attached hydrogens (tertiary/aromatic N) is 1. The number of pyridine rings is 1. The number of amides is 1. The average molecular weight is 297 g/mol. The van der Waals surface area contributed by atoms with Crippen molar-refractivity contribution in [3.63, 3.8) is 0 Å². The van der Waals surface area contributed by atoms with E-state index in [4.69, 9.17) is 0 Å². The van der Waals surface area contributed by atoms with Crippen molar-refractivity contribution in [2.45, 2.75) is 33.5 Å². The molecule has 0 aliphatic carbocycles. The van der Waals surface area contributed by atoms with E-state index in [2.05, 4.69) is 34.1 Å². The average Bonchev–Trinajstić information content (AvgIpc) is 2.31. The Morgan fingerprint density at radius 2 is 2.24 bits per heavy atom. The maximum absolute atomic E-state index is 12.0. The zero-order valence-corrected chi connectivity index (χ0v) is 12.4. The number of hydrogen-bond acceptors (Lipinski definition) is 2. The van der Waals surface area contributed by atoms with Crippen molar-refractivity contribution in [3.05, 3.63) is 22.3 Å². The third-order valence-electron chi connectivity index (χ3n) is 3.06. The Bertz CT molecular complexity index is 421. The summed E-state index contributed by atoms with van der Waals surface area (Å²) in [5.74, 6) is 0.633. The van der Waals surface area contributed by atoms with E-state index in [0.717, 1.165) is 22.8 Å². The van der Waals surface area contributed by atoms with Crippen LogP contribution in [0.3, 0.4) is 0 Å². The quantitative estimate of drug-likeness (QED) is 0.867. The van der Waals surface area contributed by atoms with Crippen molar-refractivity contribution in [2.24, 2.45) is 5.41 Å². The second-order valence-electron chi connectivity index (χ2n) is 4.71. The molecule has 0 bridgehead atoms. The second-order valence-corrected chi connectivity index (χ2v) is 5.56. The molecule has 3 nitrogen and oxygen atoms in total. The first kappa shape index (κ1) is 14.2. The zero-order valence-electron chi connectivity index (χ0n) is 10.8. The number of carbonyl (C=O) groups is 1. The number of carbonyl (C=O) groups excluding carboxylic acids is 1. The standard InChI is InChI=1S/C12H18BBrN2O/c1-4-12(2,3)11(17)16-10-5-8(6-13)9(14)7-15-10/h5,7H,4,6,13H2,1-3H3,(H,15,16,17). The molecule has 0 radical (unpaired) electrons. The monoisotopic (exact) mass is 296 g/mol. The minimum Gasteiger partial charge on any atom is -0.310 e. The van der Waals surface area contributed by atoms with E-state index >= 15 is 0 Å². The fourth-order valence-corrected chi connectivity index (χ4v) is 1.76. The summed E-state index contributed by atoms with van der Waals surface area (Å²) in [5, 5.41) is 2.86. The Kier molecular flexibility index (Phi) is 4.75. The van der Waals surface area contributed by atoms with Crippen LogP contribution in [0.5, 0.6) is 0 Å². The maximum atomic E-state index is 12.0. The van der Waals surface area contributed by atoms with E-state index in [9.17, 15) is 4.79 Å². The lowest BCUT2D eigenvalue weighted by molar-refractivity contribution is -0.124. The fraction of sp³-hybridized carbons (Fsp3) is 0.500. The minimum absolute atomic E-state index is 0.0110. The van der Waals surface area contributed by atoms with Crippen LogP contribution in [0, 0.1) is 5.41 Å². The van der Waals surface area contributed by atoms with Crippen LogP contribution in [0.4, 0.5) is 5.82 Å².